The summed E-state index contributed by atoms with van der Waals surface area (Å²) in [6.45, 7) is 4.83. The van der Waals surface area contributed by atoms with Crippen molar-refractivity contribution < 1.29 is 80.2 Å². The van der Waals surface area contributed by atoms with Gasteiger partial charge in [-0.1, -0.05) is 291 Å². The van der Waals surface area contributed by atoms with Crippen LogP contribution >= 0.6 is 15.6 Å². The molecule has 0 heterocycles. The van der Waals surface area contributed by atoms with E-state index in [2.05, 4.69) is 27.7 Å². The third-order valence-electron chi connectivity index (χ3n) is 15.4. The van der Waals surface area contributed by atoms with Crippen LogP contribution in [0.1, 0.15) is 342 Å². The lowest BCUT2D eigenvalue weighted by Gasteiger charge is -2.21. The first-order chi connectivity index (χ1) is 41.2. The lowest BCUT2D eigenvalue weighted by atomic mass is 10.0. The van der Waals surface area contributed by atoms with Crippen LogP contribution in [0.3, 0.4) is 0 Å². The number of hydrogen-bond acceptors (Lipinski definition) is 15. The molecule has 0 saturated heterocycles. The molecule has 0 aromatic carbocycles. The van der Waals surface area contributed by atoms with Crippen LogP contribution in [-0.2, 0) is 65.4 Å². The van der Waals surface area contributed by atoms with Gasteiger partial charge in [0, 0.05) is 25.7 Å². The number of esters is 4. The second kappa shape index (κ2) is 60.9. The minimum Gasteiger partial charge on any atom is -0.462 e. The van der Waals surface area contributed by atoms with Gasteiger partial charge in [-0.3, -0.25) is 37.3 Å². The number of hydrogen-bond donors (Lipinski definition) is 3. The predicted octanol–water partition coefficient (Wildman–Crippen LogP) is 18.7. The van der Waals surface area contributed by atoms with Crippen molar-refractivity contribution in [3.63, 3.8) is 0 Å². The monoisotopic (exact) mass is 1250 g/mol. The molecule has 0 aliphatic heterocycles. The molecule has 0 aliphatic carbocycles. The molecule has 85 heavy (non-hydrogen) atoms. The number of aliphatic hydroxyl groups is 1. The van der Waals surface area contributed by atoms with Gasteiger partial charge >= 0.3 is 39.5 Å². The number of carbonyl (C=O) groups is 4. The van der Waals surface area contributed by atoms with Crippen LogP contribution in [0.2, 0.25) is 0 Å². The van der Waals surface area contributed by atoms with Crippen LogP contribution in [-0.4, -0.2) is 96.7 Å². The van der Waals surface area contributed by atoms with Crippen LogP contribution in [0.15, 0.2) is 0 Å². The summed E-state index contributed by atoms with van der Waals surface area (Å²) in [6.07, 6.45) is 47.5. The zero-order valence-electron chi connectivity index (χ0n) is 54.6. The van der Waals surface area contributed by atoms with Crippen LogP contribution < -0.4 is 0 Å². The van der Waals surface area contributed by atoms with Gasteiger partial charge in [0.15, 0.2) is 12.2 Å². The summed E-state index contributed by atoms with van der Waals surface area (Å²) in [5, 5.41) is 10.5. The molecule has 0 aliphatic rings. The fourth-order valence-corrected chi connectivity index (χ4v) is 11.6. The Hall–Kier alpha value is -1.94. The van der Waals surface area contributed by atoms with Gasteiger partial charge in [0.2, 0.25) is 0 Å². The lowest BCUT2D eigenvalue weighted by molar-refractivity contribution is -0.161. The molecular formula is C66H128O17P2. The van der Waals surface area contributed by atoms with Crippen LogP contribution in [0, 0.1) is 0 Å². The van der Waals surface area contributed by atoms with Crippen LogP contribution in [0.25, 0.3) is 0 Å². The van der Waals surface area contributed by atoms with Crippen LogP contribution in [0.5, 0.6) is 0 Å². The second-order valence-corrected chi connectivity index (χ2v) is 26.8. The highest BCUT2D eigenvalue weighted by Gasteiger charge is 2.30. The van der Waals surface area contributed by atoms with Crippen molar-refractivity contribution in [2.45, 2.75) is 361 Å². The fraction of sp³-hybridized carbons (Fsp3) is 0.939. The number of aliphatic hydroxyl groups excluding tert-OH is 1. The summed E-state index contributed by atoms with van der Waals surface area (Å²) in [5.41, 5.74) is 0. The normalized spacial score (nSPS) is 14.1. The topological polar surface area (TPSA) is 237 Å². The number of rotatable bonds is 67. The van der Waals surface area contributed by atoms with E-state index >= 15 is 0 Å². The predicted molar refractivity (Wildman–Crippen MR) is 340 cm³/mol. The summed E-state index contributed by atoms with van der Waals surface area (Å²) in [5.74, 6) is -2.14. The zero-order valence-corrected chi connectivity index (χ0v) is 56.4. The Kier molecular flexibility index (Phi) is 59.6. The molecule has 0 bridgehead atoms. The third-order valence-corrected chi connectivity index (χ3v) is 17.3. The summed E-state index contributed by atoms with van der Waals surface area (Å²) >= 11 is 0. The largest absolute Gasteiger partial charge is 0.472 e. The van der Waals surface area contributed by atoms with Gasteiger partial charge in [-0.15, -0.1) is 0 Å². The Morgan fingerprint density at radius 3 is 0.694 bits per heavy atom. The van der Waals surface area contributed by atoms with Crippen molar-refractivity contribution in [1.29, 1.82) is 0 Å². The van der Waals surface area contributed by atoms with Crippen molar-refractivity contribution in [2.75, 3.05) is 39.6 Å². The van der Waals surface area contributed by atoms with Crippen molar-refractivity contribution in [3.8, 4) is 0 Å². The quantitative estimate of drug-likeness (QED) is 0.0222. The van der Waals surface area contributed by atoms with Gasteiger partial charge in [-0.25, -0.2) is 9.13 Å². The van der Waals surface area contributed by atoms with Gasteiger partial charge in [0.1, 0.15) is 19.3 Å². The lowest BCUT2D eigenvalue weighted by Crippen LogP contribution is -2.30. The van der Waals surface area contributed by atoms with Crippen molar-refractivity contribution in [2.24, 2.45) is 0 Å². The molecule has 5 atom stereocenters. The Morgan fingerprint density at radius 1 is 0.282 bits per heavy atom. The van der Waals surface area contributed by atoms with Crippen molar-refractivity contribution in [3.05, 3.63) is 0 Å². The smallest absolute Gasteiger partial charge is 0.462 e. The molecule has 0 aromatic heterocycles. The molecule has 0 rings (SSSR count). The third kappa shape index (κ3) is 60.7. The fourth-order valence-electron chi connectivity index (χ4n) is 9.99. The first kappa shape index (κ1) is 83.1. The van der Waals surface area contributed by atoms with E-state index in [9.17, 15) is 43.2 Å². The molecule has 0 radical (unpaired) electrons. The van der Waals surface area contributed by atoms with Crippen molar-refractivity contribution >= 4 is 39.5 Å². The van der Waals surface area contributed by atoms with Gasteiger partial charge in [0.25, 0.3) is 0 Å². The maximum absolute atomic E-state index is 13.0. The minimum atomic E-state index is -4.94. The molecule has 17 nitrogen and oxygen atoms in total. The molecule has 0 fully saturated rings. The molecular weight excluding hydrogens is 1130 g/mol. The summed E-state index contributed by atoms with van der Waals surface area (Å²) in [7, 11) is -9.88. The average Bonchev–Trinajstić information content (AvgIpc) is 3.54. The Morgan fingerprint density at radius 2 is 0.471 bits per heavy atom. The van der Waals surface area contributed by atoms with E-state index < -0.39 is 97.5 Å². The van der Waals surface area contributed by atoms with E-state index in [1.807, 2.05) is 0 Å². The molecule has 0 spiro atoms. The Bertz CT molecular complexity index is 1640. The van der Waals surface area contributed by atoms with Gasteiger partial charge in [-0.2, -0.15) is 0 Å². The second-order valence-electron chi connectivity index (χ2n) is 23.9. The molecule has 0 aromatic rings. The summed E-state index contributed by atoms with van der Waals surface area (Å²) in [6, 6.07) is 0. The van der Waals surface area contributed by atoms with E-state index in [4.69, 9.17) is 37.0 Å². The molecule has 0 amide bonds. The maximum atomic E-state index is 13.0. The van der Waals surface area contributed by atoms with Gasteiger partial charge in [0.05, 0.1) is 26.4 Å². The zero-order chi connectivity index (χ0) is 62.6. The molecule has 3 N–H and O–H groups in total. The van der Waals surface area contributed by atoms with Crippen LogP contribution in [0.4, 0.5) is 0 Å². The first-order valence-corrected chi connectivity index (χ1v) is 37.8. The number of phosphoric ester groups is 2. The van der Waals surface area contributed by atoms with Crippen molar-refractivity contribution in [1.82, 2.24) is 0 Å². The Labute approximate surface area is 517 Å². The SMILES string of the molecule is CCCCCCCCCCCCCCCCCCCCC(=O)O[C@H](COC(=O)CCCCCCCCCCCCCCC)COP(=O)(O)OC[C@@H](O)COP(=O)(O)OC[C@@H](COC(=O)CCCCCCCCC)OC(=O)CCCCCCCCC. The van der Waals surface area contributed by atoms with E-state index in [1.165, 1.54) is 148 Å². The van der Waals surface area contributed by atoms with E-state index in [0.717, 1.165) is 116 Å². The molecule has 504 valence electrons. The number of unbranched alkanes of at least 4 members (excludes halogenated alkanes) is 41. The van der Waals surface area contributed by atoms with Gasteiger partial charge in [-0.05, 0) is 25.7 Å². The minimum absolute atomic E-state index is 0.104. The summed E-state index contributed by atoms with van der Waals surface area (Å²) < 4.78 is 67.9. The van der Waals surface area contributed by atoms with E-state index in [0.29, 0.717) is 25.7 Å². The van der Waals surface area contributed by atoms with E-state index in [1.54, 1.807) is 0 Å². The average molecular weight is 1260 g/mol. The first-order valence-electron chi connectivity index (χ1n) is 34.8. The summed E-state index contributed by atoms with van der Waals surface area (Å²) in [4.78, 5) is 72.1. The highest BCUT2D eigenvalue weighted by molar-refractivity contribution is 7.47. The molecule has 0 saturated carbocycles. The van der Waals surface area contributed by atoms with E-state index in [-0.39, 0.29) is 25.7 Å². The maximum Gasteiger partial charge on any atom is 0.472 e. The highest BCUT2D eigenvalue weighted by atomic mass is 31.2. The van der Waals surface area contributed by atoms with Gasteiger partial charge < -0.3 is 33.8 Å². The molecule has 19 heteroatoms. The highest BCUT2D eigenvalue weighted by Crippen LogP contribution is 2.45. The number of ether oxygens (including phenoxy) is 4. The Balaban J connectivity index is 5.14. The number of carbonyl (C=O) groups excluding carboxylic acids is 4. The standard InChI is InChI=1S/C66H128O17P2/c1-5-9-13-17-21-23-25-27-28-29-30-31-33-35-37-41-45-49-53-66(71)83-62(57-77-64(69)51-47-43-40-36-34-32-26-24-22-18-14-10-6-2)59-81-85(74,75)79-55-60(67)54-78-84(72,73)80-58-61(82-65(70)52-48-44-39-20-16-12-8-4)56-76-63(68)50-46-42-38-19-15-11-7-3/h60-62,67H,5-59H2,1-4H3,(H,72,73)(H,74,75)/t60-,61+,62+/m0/s1. The molecule has 2 unspecified atom stereocenters. The number of phosphoric acid groups is 2.